The van der Waals surface area contributed by atoms with Crippen LogP contribution >= 0.6 is 0 Å². The molecule has 0 unspecified atom stereocenters. The lowest BCUT2D eigenvalue weighted by molar-refractivity contribution is -0.138. The van der Waals surface area contributed by atoms with E-state index in [0.717, 1.165) is 12.3 Å². The molecule has 0 aliphatic carbocycles. The van der Waals surface area contributed by atoms with Crippen LogP contribution in [-0.4, -0.2) is 4.98 Å². The smallest absolute Gasteiger partial charge is 0.383 e. The largest absolute Gasteiger partial charge is 0.416 e. The van der Waals surface area contributed by atoms with Gasteiger partial charge in [-0.25, -0.2) is 9.37 Å². The molecule has 0 aliphatic rings. The fraction of sp³-hybridized carbons (Fsp3) is 0.154. The van der Waals surface area contributed by atoms with Crippen LogP contribution in [0.3, 0.4) is 0 Å². The van der Waals surface area contributed by atoms with E-state index < -0.39 is 17.6 Å². The molecule has 1 aromatic carbocycles. The Morgan fingerprint density at radius 2 is 1.89 bits per heavy atom. The van der Waals surface area contributed by atoms with Gasteiger partial charge >= 0.3 is 6.18 Å². The maximum atomic E-state index is 13.0. The predicted molar refractivity (Wildman–Crippen MR) is 62.9 cm³/mol. The number of hydrogen-bond acceptors (Lipinski definition) is 2. The normalized spacial score (nSPS) is 11.6. The van der Waals surface area contributed by atoms with Crippen molar-refractivity contribution in [1.82, 2.24) is 4.98 Å². The summed E-state index contributed by atoms with van der Waals surface area (Å²) in [4.78, 5) is 3.66. The Balaban J connectivity index is 2.45. The van der Waals surface area contributed by atoms with Crippen molar-refractivity contribution >= 4 is 5.82 Å². The maximum absolute atomic E-state index is 13.0. The van der Waals surface area contributed by atoms with Crippen LogP contribution in [0.5, 0.6) is 0 Å². The summed E-state index contributed by atoms with van der Waals surface area (Å²) in [5, 5.41) is 0. The van der Waals surface area contributed by atoms with E-state index in [1.165, 1.54) is 24.3 Å². The minimum atomic E-state index is -4.51. The molecule has 0 amide bonds. The maximum Gasteiger partial charge on any atom is 0.416 e. The quantitative estimate of drug-likeness (QED) is 0.849. The third-order valence-corrected chi connectivity index (χ3v) is 2.66. The molecule has 0 radical (unpaired) electrons. The van der Waals surface area contributed by atoms with Gasteiger partial charge in [0, 0.05) is 18.2 Å². The van der Waals surface area contributed by atoms with Crippen molar-refractivity contribution in [2.24, 2.45) is 0 Å². The van der Waals surface area contributed by atoms with Crippen LogP contribution in [0, 0.1) is 5.82 Å². The molecule has 0 fully saturated rings. The average Bonchev–Trinajstić information content (AvgIpc) is 2.30. The number of nitrogens with zero attached hydrogens (tertiary/aromatic N) is 1. The fourth-order valence-electron chi connectivity index (χ4n) is 1.81. The number of aromatic nitrogens is 1. The zero-order valence-electron chi connectivity index (χ0n) is 9.71. The Bertz CT molecular complexity index is 593. The Hall–Kier alpha value is -2.11. The molecule has 0 aliphatic heterocycles. The van der Waals surface area contributed by atoms with Crippen LogP contribution in [0.2, 0.25) is 0 Å². The molecule has 2 nitrogen and oxygen atoms in total. The van der Waals surface area contributed by atoms with Gasteiger partial charge in [0.1, 0.15) is 11.6 Å². The molecule has 1 heterocycles. The van der Waals surface area contributed by atoms with Gasteiger partial charge in [-0.1, -0.05) is 12.1 Å². The summed E-state index contributed by atoms with van der Waals surface area (Å²) in [6.45, 7) is 0. The second-order valence-corrected chi connectivity index (χ2v) is 4.03. The summed E-state index contributed by atoms with van der Waals surface area (Å²) < 4.78 is 51.6. The van der Waals surface area contributed by atoms with Gasteiger partial charge in [0.25, 0.3) is 0 Å². The van der Waals surface area contributed by atoms with Crippen LogP contribution in [0.4, 0.5) is 23.4 Å². The molecule has 2 N–H and O–H groups in total. The molecule has 2 aromatic rings. The molecule has 0 atom stereocenters. The highest BCUT2D eigenvalue weighted by Crippen LogP contribution is 2.34. The monoisotopic (exact) mass is 270 g/mol. The van der Waals surface area contributed by atoms with Crippen LogP contribution in [0.25, 0.3) is 0 Å². The van der Waals surface area contributed by atoms with Gasteiger partial charge in [-0.2, -0.15) is 13.2 Å². The van der Waals surface area contributed by atoms with Crippen LogP contribution in [0.15, 0.2) is 36.5 Å². The van der Waals surface area contributed by atoms with Gasteiger partial charge < -0.3 is 5.73 Å². The van der Waals surface area contributed by atoms with E-state index in [1.54, 1.807) is 0 Å². The number of nitrogens with two attached hydrogens (primary N) is 1. The molecule has 0 bridgehead atoms. The highest BCUT2D eigenvalue weighted by molar-refractivity contribution is 5.48. The number of halogens is 4. The third kappa shape index (κ3) is 3.01. The summed E-state index contributed by atoms with van der Waals surface area (Å²) >= 11 is 0. The topological polar surface area (TPSA) is 38.9 Å². The first kappa shape index (κ1) is 13.3. The number of hydrogen-bond donors (Lipinski definition) is 1. The van der Waals surface area contributed by atoms with Gasteiger partial charge in [0.15, 0.2) is 0 Å². The van der Waals surface area contributed by atoms with Crippen molar-refractivity contribution in [3.8, 4) is 0 Å². The fourth-order valence-corrected chi connectivity index (χ4v) is 1.81. The average molecular weight is 270 g/mol. The van der Waals surface area contributed by atoms with E-state index in [4.69, 9.17) is 5.73 Å². The Morgan fingerprint density at radius 1 is 1.16 bits per heavy atom. The van der Waals surface area contributed by atoms with Crippen molar-refractivity contribution in [2.75, 3.05) is 5.73 Å². The molecule has 1 aromatic heterocycles. The van der Waals surface area contributed by atoms with Crippen molar-refractivity contribution < 1.29 is 17.6 Å². The lowest BCUT2D eigenvalue weighted by atomic mass is 10.0. The summed E-state index contributed by atoms with van der Waals surface area (Å²) in [5.74, 6) is -0.701. The molecule has 0 saturated heterocycles. The van der Waals surface area contributed by atoms with Gasteiger partial charge in [0.2, 0.25) is 0 Å². The zero-order chi connectivity index (χ0) is 14.0. The Labute approximate surface area is 106 Å². The highest BCUT2D eigenvalue weighted by Gasteiger charge is 2.34. The van der Waals surface area contributed by atoms with Gasteiger partial charge in [-0.3, -0.25) is 0 Å². The molecule has 19 heavy (non-hydrogen) atoms. The standard InChI is InChI=1S/C13H10F4N2/c14-9-3-1-2-8(6-9)7-10-11(13(15,16)17)4-5-19-12(10)18/h1-6H,7H2,(H2,18,19). The predicted octanol–water partition coefficient (Wildman–Crippen LogP) is 3.41. The first-order chi connectivity index (χ1) is 8.88. The van der Waals surface area contributed by atoms with Crippen LogP contribution in [-0.2, 0) is 12.6 Å². The number of rotatable bonds is 2. The molecular formula is C13H10F4N2. The van der Waals surface area contributed by atoms with Gasteiger partial charge in [-0.05, 0) is 23.8 Å². The van der Waals surface area contributed by atoms with Crippen molar-refractivity contribution in [2.45, 2.75) is 12.6 Å². The van der Waals surface area contributed by atoms with E-state index >= 15 is 0 Å². The first-order valence-electron chi connectivity index (χ1n) is 5.43. The van der Waals surface area contributed by atoms with Crippen molar-refractivity contribution in [1.29, 1.82) is 0 Å². The van der Waals surface area contributed by atoms with Gasteiger partial charge in [-0.15, -0.1) is 0 Å². The van der Waals surface area contributed by atoms with E-state index in [9.17, 15) is 17.6 Å². The number of pyridine rings is 1. The summed E-state index contributed by atoms with van der Waals surface area (Å²) in [6.07, 6.45) is -3.63. The first-order valence-corrected chi connectivity index (χ1v) is 5.43. The van der Waals surface area contributed by atoms with Crippen molar-refractivity contribution in [3.63, 3.8) is 0 Å². The molecule has 100 valence electrons. The molecule has 2 rings (SSSR count). The van der Waals surface area contributed by atoms with E-state index in [-0.39, 0.29) is 17.8 Å². The highest BCUT2D eigenvalue weighted by atomic mass is 19.4. The summed E-state index contributed by atoms with van der Waals surface area (Å²) in [7, 11) is 0. The number of benzene rings is 1. The summed E-state index contributed by atoms with van der Waals surface area (Å²) in [5.41, 5.74) is 4.93. The lowest BCUT2D eigenvalue weighted by Gasteiger charge is -2.14. The second-order valence-electron chi connectivity index (χ2n) is 4.03. The lowest BCUT2D eigenvalue weighted by Crippen LogP contribution is -2.12. The van der Waals surface area contributed by atoms with Crippen molar-refractivity contribution in [3.05, 3.63) is 59.0 Å². The number of anilines is 1. The summed E-state index contributed by atoms with van der Waals surface area (Å²) in [6, 6.07) is 6.23. The minimum Gasteiger partial charge on any atom is -0.383 e. The van der Waals surface area contributed by atoms with Crippen LogP contribution in [0.1, 0.15) is 16.7 Å². The molecule has 0 saturated carbocycles. The van der Waals surface area contributed by atoms with E-state index in [1.807, 2.05) is 0 Å². The SMILES string of the molecule is Nc1nccc(C(F)(F)F)c1Cc1cccc(F)c1. The second kappa shape index (κ2) is 4.87. The molecule has 6 heteroatoms. The van der Waals surface area contributed by atoms with Gasteiger partial charge in [0.05, 0.1) is 5.56 Å². The number of alkyl halides is 3. The molecule has 0 spiro atoms. The van der Waals surface area contributed by atoms with E-state index in [0.29, 0.717) is 5.56 Å². The zero-order valence-corrected chi connectivity index (χ0v) is 9.71. The van der Waals surface area contributed by atoms with Crippen LogP contribution < -0.4 is 5.73 Å². The Morgan fingerprint density at radius 3 is 2.53 bits per heavy atom. The molecular weight excluding hydrogens is 260 g/mol. The van der Waals surface area contributed by atoms with E-state index in [2.05, 4.69) is 4.98 Å². The Kier molecular flexibility index (Phi) is 3.42. The third-order valence-electron chi connectivity index (χ3n) is 2.66. The number of nitrogen functional groups attached to an aromatic ring is 1. The minimum absolute atomic E-state index is 0.119.